The van der Waals surface area contributed by atoms with Gasteiger partial charge in [0.25, 0.3) is 0 Å². The molecule has 3 nitrogen and oxygen atoms in total. The van der Waals surface area contributed by atoms with Crippen LogP contribution < -0.4 is 5.32 Å². The van der Waals surface area contributed by atoms with Gasteiger partial charge in [-0.15, -0.1) is 0 Å². The van der Waals surface area contributed by atoms with E-state index in [9.17, 15) is 0 Å². The molecule has 0 aromatic heterocycles. The zero-order valence-corrected chi connectivity index (χ0v) is 12.9. The average molecular weight is 289 g/mol. The highest BCUT2D eigenvalue weighted by molar-refractivity contribution is 5.13. The number of ether oxygens (including phenoxy) is 2. The van der Waals surface area contributed by atoms with Gasteiger partial charge in [-0.05, 0) is 56.7 Å². The SMILES string of the molecule is c1ccc(COCCC2CCOC3(CCNCC3)C2)cc1. The molecule has 0 bridgehead atoms. The third kappa shape index (κ3) is 4.29. The lowest BCUT2D eigenvalue weighted by Gasteiger charge is -2.43. The molecule has 0 amide bonds. The number of hydrogen-bond acceptors (Lipinski definition) is 3. The summed E-state index contributed by atoms with van der Waals surface area (Å²) in [5.74, 6) is 0.771. The van der Waals surface area contributed by atoms with E-state index in [2.05, 4.69) is 29.6 Å². The highest BCUT2D eigenvalue weighted by Crippen LogP contribution is 2.37. The molecule has 1 unspecified atom stereocenters. The van der Waals surface area contributed by atoms with Gasteiger partial charge in [0.15, 0.2) is 0 Å². The zero-order chi connectivity index (χ0) is 14.4. The Labute approximate surface area is 128 Å². The maximum Gasteiger partial charge on any atom is 0.0716 e. The van der Waals surface area contributed by atoms with Crippen molar-refractivity contribution in [2.24, 2.45) is 5.92 Å². The molecule has 3 heteroatoms. The molecule has 2 saturated heterocycles. The maximum atomic E-state index is 6.13. The van der Waals surface area contributed by atoms with E-state index in [4.69, 9.17) is 9.47 Å². The first-order valence-electron chi connectivity index (χ1n) is 8.33. The molecular weight excluding hydrogens is 262 g/mol. The van der Waals surface area contributed by atoms with Crippen LogP contribution in [0.15, 0.2) is 30.3 Å². The van der Waals surface area contributed by atoms with Crippen LogP contribution in [-0.2, 0) is 16.1 Å². The summed E-state index contributed by atoms with van der Waals surface area (Å²) in [6.45, 7) is 4.75. The van der Waals surface area contributed by atoms with Gasteiger partial charge in [-0.25, -0.2) is 0 Å². The fourth-order valence-electron chi connectivity index (χ4n) is 3.62. The molecule has 2 heterocycles. The monoisotopic (exact) mass is 289 g/mol. The number of hydrogen-bond donors (Lipinski definition) is 1. The minimum absolute atomic E-state index is 0.174. The smallest absolute Gasteiger partial charge is 0.0716 e. The summed E-state index contributed by atoms with van der Waals surface area (Å²) in [5.41, 5.74) is 1.44. The van der Waals surface area contributed by atoms with Gasteiger partial charge in [-0.2, -0.15) is 0 Å². The molecule has 1 aromatic carbocycles. The Balaban J connectivity index is 1.39. The van der Waals surface area contributed by atoms with Crippen molar-refractivity contribution in [3.05, 3.63) is 35.9 Å². The quantitative estimate of drug-likeness (QED) is 0.845. The van der Waals surface area contributed by atoms with E-state index < -0.39 is 0 Å². The lowest BCUT2D eigenvalue weighted by molar-refractivity contribution is -0.116. The van der Waals surface area contributed by atoms with Crippen LogP contribution in [0.2, 0.25) is 0 Å². The predicted octanol–water partition coefficient (Wildman–Crippen LogP) is 3.14. The Bertz CT molecular complexity index is 409. The molecule has 0 aliphatic carbocycles. The first-order chi connectivity index (χ1) is 10.4. The second-order valence-corrected chi connectivity index (χ2v) is 6.47. The summed E-state index contributed by atoms with van der Waals surface area (Å²) in [6, 6.07) is 10.4. The van der Waals surface area contributed by atoms with E-state index in [0.29, 0.717) is 0 Å². The van der Waals surface area contributed by atoms with Gasteiger partial charge in [-0.3, -0.25) is 0 Å². The summed E-state index contributed by atoms with van der Waals surface area (Å²) in [6.07, 6.45) is 5.95. The van der Waals surface area contributed by atoms with Crippen molar-refractivity contribution in [2.45, 2.75) is 44.3 Å². The Kier molecular flexibility index (Phi) is 5.28. The van der Waals surface area contributed by atoms with Gasteiger partial charge in [0.1, 0.15) is 0 Å². The molecule has 1 atom stereocenters. The van der Waals surface area contributed by atoms with Crippen LogP contribution in [0.3, 0.4) is 0 Å². The van der Waals surface area contributed by atoms with E-state index in [1.54, 1.807) is 0 Å². The van der Waals surface area contributed by atoms with Crippen molar-refractivity contribution < 1.29 is 9.47 Å². The van der Waals surface area contributed by atoms with Crippen molar-refractivity contribution in [1.82, 2.24) is 5.32 Å². The standard InChI is InChI=1S/C18H27NO2/c1-2-4-17(5-3-1)15-20-12-6-16-7-13-21-18(14-16)8-10-19-11-9-18/h1-5,16,19H,6-15H2. The molecule has 116 valence electrons. The van der Waals surface area contributed by atoms with Crippen LogP contribution in [0.4, 0.5) is 0 Å². The zero-order valence-electron chi connectivity index (χ0n) is 12.9. The first-order valence-corrected chi connectivity index (χ1v) is 8.33. The van der Waals surface area contributed by atoms with E-state index in [1.807, 2.05) is 6.07 Å². The van der Waals surface area contributed by atoms with E-state index >= 15 is 0 Å². The number of benzene rings is 1. The summed E-state index contributed by atoms with van der Waals surface area (Å²) in [4.78, 5) is 0. The van der Waals surface area contributed by atoms with E-state index in [-0.39, 0.29) is 5.60 Å². The summed E-state index contributed by atoms with van der Waals surface area (Å²) >= 11 is 0. The van der Waals surface area contributed by atoms with Crippen molar-refractivity contribution >= 4 is 0 Å². The van der Waals surface area contributed by atoms with Gasteiger partial charge in [0, 0.05) is 13.2 Å². The lowest BCUT2D eigenvalue weighted by atomic mass is 9.79. The Morgan fingerprint density at radius 1 is 1.19 bits per heavy atom. The summed E-state index contributed by atoms with van der Waals surface area (Å²) in [5, 5.41) is 3.44. The molecule has 0 saturated carbocycles. The molecule has 3 rings (SSSR count). The minimum atomic E-state index is 0.174. The van der Waals surface area contributed by atoms with Gasteiger partial charge in [0.05, 0.1) is 12.2 Å². The Hall–Kier alpha value is -0.900. The van der Waals surface area contributed by atoms with Crippen LogP contribution in [0.5, 0.6) is 0 Å². The van der Waals surface area contributed by atoms with Crippen LogP contribution in [0.25, 0.3) is 0 Å². The molecule has 1 N–H and O–H groups in total. The predicted molar refractivity (Wildman–Crippen MR) is 84.2 cm³/mol. The largest absolute Gasteiger partial charge is 0.377 e. The van der Waals surface area contributed by atoms with Crippen LogP contribution >= 0.6 is 0 Å². The highest BCUT2D eigenvalue weighted by atomic mass is 16.5. The van der Waals surface area contributed by atoms with Crippen LogP contribution in [0, 0.1) is 5.92 Å². The molecule has 1 spiro atoms. The van der Waals surface area contributed by atoms with Crippen molar-refractivity contribution in [2.75, 3.05) is 26.3 Å². The number of nitrogens with one attached hydrogen (secondary N) is 1. The van der Waals surface area contributed by atoms with Crippen LogP contribution in [-0.4, -0.2) is 31.9 Å². The van der Waals surface area contributed by atoms with Crippen molar-refractivity contribution in [3.8, 4) is 0 Å². The fourth-order valence-corrected chi connectivity index (χ4v) is 3.62. The van der Waals surface area contributed by atoms with Crippen molar-refractivity contribution in [1.29, 1.82) is 0 Å². The van der Waals surface area contributed by atoms with Gasteiger partial charge < -0.3 is 14.8 Å². The summed E-state index contributed by atoms with van der Waals surface area (Å²) in [7, 11) is 0. The number of rotatable bonds is 5. The van der Waals surface area contributed by atoms with Gasteiger partial charge in [-0.1, -0.05) is 30.3 Å². The maximum absolute atomic E-state index is 6.13. The third-order valence-electron chi connectivity index (χ3n) is 4.89. The number of piperidine rings is 1. The highest BCUT2D eigenvalue weighted by Gasteiger charge is 2.38. The molecule has 2 fully saturated rings. The summed E-state index contributed by atoms with van der Waals surface area (Å²) < 4.78 is 12.0. The Morgan fingerprint density at radius 2 is 2.00 bits per heavy atom. The second-order valence-electron chi connectivity index (χ2n) is 6.47. The topological polar surface area (TPSA) is 30.5 Å². The molecule has 2 aliphatic heterocycles. The van der Waals surface area contributed by atoms with E-state index in [0.717, 1.165) is 38.8 Å². The fraction of sp³-hybridized carbons (Fsp3) is 0.667. The lowest BCUT2D eigenvalue weighted by Crippen LogP contribution is -2.48. The Morgan fingerprint density at radius 3 is 2.81 bits per heavy atom. The first kappa shape index (κ1) is 15.0. The van der Waals surface area contributed by atoms with Gasteiger partial charge in [0.2, 0.25) is 0 Å². The molecule has 21 heavy (non-hydrogen) atoms. The third-order valence-corrected chi connectivity index (χ3v) is 4.89. The molecular formula is C18H27NO2. The second kappa shape index (κ2) is 7.39. The normalized spacial score (nSPS) is 25.0. The van der Waals surface area contributed by atoms with Gasteiger partial charge >= 0.3 is 0 Å². The average Bonchev–Trinajstić information content (AvgIpc) is 2.54. The molecule has 0 radical (unpaired) electrons. The minimum Gasteiger partial charge on any atom is -0.377 e. The van der Waals surface area contributed by atoms with Crippen molar-refractivity contribution in [3.63, 3.8) is 0 Å². The molecule has 1 aromatic rings. The van der Waals surface area contributed by atoms with E-state index in [1.165, 1.54) is 37.7 Å². The van der Waals surface area contributed by atoms with Crippen LogP contribution in [0.1, 0.15) is 37.7 Å². The molecule has 2 aliphatic rings.